The summed E-state index contributed by atoms with van der Waals surface area (Å²) in [5, 5.41) is 6.74. The van der Waals surface area contributed by atoms with Crippen LogP contribution in [-0.2, 0) is 6.18 Å². The predicted octanol–water partition coefficient (Wildman–Crippen LogP) is 16.8. The van der Waals surface area contributed by atoms with E-state index in [0.29, 0.717) is 34.2 Å². The van der Waals surface area contributed by atoms with E-state index < -0.39 is 11.7 Å². The first-order valence-electron chi connectivity index (χ1n) is 24.1. The average Bonchev–Trinajstić information content (AvgIpc) is 4.09. The summed E-state index contributed by atoms with van der Waals surface area (Å²) in [6, 6.07) is 78.0. The second-order valence-corrected chi connectivity index (χ2v) is 18.3. The highest BCUT2D eigenvalue weighted by Crippen LogP contribution is 2.42. The monoisotopic (exact) mass is 948 g/mol. The van der Waals surface area contributed by atoms with Crippen molar-refractivity contribution in [1.82, 2.24) is 28.7 Å². The molecule has 0 fully saturated rings. The first kappa shape index (κ1) is 42.3. The van der Waals surface area contributed by atoms with Gasteiger partial charge in [-0.1, -0.05) is 152 Å². The van der Waals surface area contributed by atoms with Crippen molar-refractivity contribution in [1.29, 1.82) is 0 Å². The third-order valence-electron chi connectivity index (χ3n) is 14.1. The summed E-state index contributed by atoms with van der Waals surface area (Å²) in [6.07, 6.45) is -4.55. The number of halogens is 3. The van der Waals surface area contributed by atoms with E-state index >= 15 is 0 Å². The van der Waals surface area contributed by atoms with Crippen LogP contribution >= 0.6 is 0 Å². The number of para-hydroxylation sites is 4. The standard InChI is InChI=1S/C64H39F3N6/c65-64(66,67)43-21-15-20-42(36-43)47-33-30-44(39-54(47)63-69-61(40-16-3-1-4-17-40)68-62(70-63)41-18-5-2-6-19-41)73-59-34-31-45(71-55-26-11-7-22-48(55)49-23-8-12-27-56(49)71)37-52(59)53-38-46(32-35-60(53)73)72-57-28-13-9-24-50(57)51-25-10-14-29-58(51)72/h1-39H. The van der Waals surface area contributed by atoms with Crippen molar-refractivity contribution in [3.05, 3.63) is 242 Å². The lowest BCUT2D eigenvalue weighted by molar-refractivity contribution is -0.137. The van der Waals surface area contributed by atoms with Gasteiger partial charge in [0.2, 0.25) is 0 Å². The van der Waals surface area contributed by atoms with E-state index in [1.807, 2.05) is 78.9 Å². The first-order valence-corrected chi connectivity index (χ1v) is 24.1. The lowest BCUT2D eigenvalue weighted by Gasteiger charge is -2.16. The van der Waals surface area contributed by atoms with Crippen molar-refractivity contribution in [2.24, 2.45) is 0 Å². The molecule has 0 saturated carbocycles. The van der Waals surface area contributed by atoms with E-state index in [1.54, 1.807) is 6.07 Å². The van der Waals surface area contributed by atoms with E-state index in [1.165, 1.54) is 33.7 Å². The summed E-state index contributed by atoms with van der Waals surface area (Å²) in [6.45, 7) is 0. The molecule has 6 nitrogen and oxygen atoms in total. The van der Waals surface area contributed by atoms with Crippen molar-refractivity contribution in [3.8, 4) is 62.4 Å². The minimum atomic E-state index is -4.55. The Bertz CT molecular complexity index is 4160. The van der Waals surface area contributed by atoms with Gasteiger partial charge in [0.15, 0.2) is 17.5 Å². The van der Waals surface area contributed by atoms with Crippen LogP contribution in [0.15, 0.2) is 237 Å². The molecule has 14 aromatic rings. The van der Waals surface area contributed by atoms with Crippen molar-refractivity contribution >= 4 is 65.4 Å². The maximum atomic E-state index is 14.4. The van der Waals surface area contributed by atoms with E-state index in [0.717, 1.165) is 78.1 Å². The Labute approximate surface area is 416 Å². The van der Waals surface area contributed by atoms with E-state index in [-0.39, 0.29) is 0 Å². The molecule has 0 bridgehead atoms. The molecule has 4 aromatic heterocycles. The highest BCUT2D eigenvalue weighted by atomic mass is 19.4. The Kier molecular flexibility index (Phi) is 9.56. The lowest BCUT2D eigenvalue weighted by atomic mass is 9.96. The quantitative estimate of drug-likeness (QED) is 0.160. The highest BCUT2D eigenvalue weighted by molar-refractivity contribution is 6.14. The van der Waals surface area contributed by atoms with E-state index in [9.17, 15) is 13.2 Å². The third kappa shape index (κ3) is 6.92. The normalized spacial score (nSPS) is 12.0. The van der Waals surface area contributed by atoms with E-state index in [4.69, 9.17) is 15.0 Å². The zero-order chi connectivity index (χ0) is 48.8. The summed E-state index contributed by atoms with van der Waals surface area (Å²) >= 11 is 0. The van der Waals surface area contributed by atoms with Crippen LogP contribution in [0, 0.1) is 0 Å². The van der Waals surface area contributed by atoms with Gasteiger partial charge in [-0.3, -0.25) is 0 Å². The maximum Gasteiger partial charge on any atom is 0.416 e. The molecule has 73 heavy (non-hydrogen) atoms. The minimum absolute atomic E-state index is 0.324. The van der Waals surface area contributed by atoms with Crippen LogP contribution in [0.4, 0.5) is 13.2 Å². The molecule has 0 N–H and O–H groups in total. The van der Waals surface area contributed by atoms with Gasteiger partial charge in [0, 0.05) is 66.1 Å². The number of nitrogens with zero attached hydrogens (tertiary/aromatic N) is 6. The van der Waals surface area contributed by atoms with E-state index in [2.05, 4.69) is 147 Å². The predicted molar refractivity (Wildman–Crippen MR) is 290 cm³/mol. The number of aromatic nitrogens is 6. The molecule has 0 unspecified atom stereocenters. The molecule has 14 rings (SSSR count). The Balaban J connectivity index is 1.05. The van der Waals surface area contributed by atoms with Gasteiger partial charge in [0.25, 0.3) is 0 Å². The average molecular weight is 949 g/mol. The van der Waals surface area contributed by atoms with Crippen molar-refractivity contribution in [2.45, 2.75) is 6.18 Å². The van der Waals surface area contributed by atoms with Crippen LogP contribution in [0.2, 0.25) is 0 Å². The van der Waals surface area contributed by atoms with Gasteiger partial charge in [0.1, 0.15) is 0 Å². The molecule has 346 valence electrons. The molecule has 0 radical (unpaired) electrons. The molecule has 0 aliphatic carbocycles. The van der Waals surface area contributed by atoms with Crippen LogP contribution in [-0.4, -0.2) is 28.7 Å². The molecule has 0 aliphatic heterocycles. The largest absolute Gasteiger partial charge is 0.416 e. The molecular formula is C64H39F3N6. The Hall–Kier alpha value is -9.60. The SMILES string of the molecule is FC(F)(F)c1cccc(-c2ccc(-n3c4ccc(-n5c6ccccc6c6ccccc65)cc4c4cc(-n5c6ccccc6c6ccccc65)ccc43)cc2-c2nc(-c3ccccc3)nc(-c3ccccc3)n2)c1. The van der Waals surface area contributed by atoms with Gasteiger partial charge in [-0.25, -0.2) is 15.0 Å². The Morgan fingerprint density at radius 1 is 0.274 bits per heavy atom. The summed E-state index contributed by atoms with van der Waals surface area (Å²) in [7, 11) is 0. The molecule has 4 heterocycles. The zero-order valence-corrected chi connectivity index (χ0v) is 38.8. The molecule has 10 aromatic carbocycles. The van der Waals surface area contributed by atoms with Gasteiger partial charge in [0.05, 0.1) is 38.7 Å². The topological polar surface area (TPSA) is 53.5 Å². The van der Waals surface area contributed by atoms with Crippen LogP contribution in [0.25, 0.3) is 128 Å². The van der Waals surface area contributed by atoms with Crippen LogP contribution < -0.4 is 0 Å². The van der Waals surface area contributed by atoms with Gasteiger partial charge in [-0.05, 0) is 96.1 Å². The number of fused-ring (bicyclic) bond motifs is 9. The Morgan fingerprint density at radius 3 is 1.10 bits per heavy atom. The second kappa shape index (κ2) is 16.5. The van der Waals surface area contributed by atoms with Crippen molar-refractivity contribution in [2.75, 3.05) is 0 Å². The van der Waals surface area contributed by atoms with Gasteiger partial charge in [-0.2, -0.15) is 13.2 Å². The van der Waals surface area contributed by atoms with Crippen LogP contribution in [0.1, 0.15) is 5.56 Å². The fourth-order valence-corrected chi connectivity index (χ4v) is 10.9. The molecule has 0 amide bonds. The van der Waals surface area contributed by atoms with Crippen molar-refractivity contribution in [3.63, 3.8) is 0 Å². The smallest absolute Gasteiger partial charge is 0.309 e. The summed E-state index contributed by atoms with van der Waals surface area (Å²) < 4.78 is 50.2. The summed E-state index contributed by atoms with van der Waals surface area (Å²) in [5.41, 5.74) is 11.4. The fourth-order valence-electron chi connectivity index (χ4n) is 10.9. The Morgan fingerprint density at radius 2 is 0.644 bits per heavy atom. The third-order valence-corrected chi connectivity index (χ3v) is 14.1. The number of benzene rings is 10. The molecule has 0 aliphatic rings. The number of rotatable bonds is 7. The summed E-state index contributed by atoms with van der Waals surface area (Å²) in [5.74, 6) is 1.21. The van der Waals surface area contributed by atoms with Crippen LogP contribution in [0.5, 0.6) is 0 Å². The van der Waals surface area contributed by atoms with Gasteiger partial charge < -0.3 is 13.7 Å². The lowest BCUT2D eigenvalue weighted by Crippen LogP contribution is -2.05. The fraction of sp³-hybridized carbons (Fsp3) is 0.0156. The molecule has 9 heteroatoms. The number of hydrogen-bond donors (Lipinski definition) is 0. The first-order chi connectivity index (χ1) is 35.8. The van der Waals surface area contributed by atoms with Gasteiger partial charge in [-0.15, -0.1) is 0 Å². The minimum Gasteiger partial charge on any atom is -0.309 e. The highest BCUT2D eigenvalue weighted by Gasteiger charge is 2.31. The number of hydrogen-bond acceptors (Lipinski definition) is 3. The zero-order valence-electron chi connectivity index (χ0n) is 38.8. The van der Waals surface area contributed by atoms with Crippen molar-refractivity contribution < 1.29 is 13.2 Å². The van der Waals surface area contributed by atoms with Gasteiger partial charge >= 0.3 is 6.18 Å². The second-order valence-electron chi connectivity index (χ2n) is 18.3. The molecular weight excluding hydrogens is 910 g/mol. The number of alkyl halides is 3. The molecule has 0 saturated heterocycles. The summed E-state index contributed by atoms with van der Waals surface area (Å²) in [4.78, 5) is 15.2. The van der Waals surface area contributed by atoms with Crippen LogP contribution in [0.3, 0.4) is 0 Å². The molecule has 0 atom stereocenters. The molecule has 0 spiro atoms. The maximum absolute atomic E-state index is 14.4.